The molecule has 7 rings (SSSR count). The van der Waals surface area contributed by atoms with Gasteiger partial charge in [-0.1, -0.05) is 18.2 Å². The number of nitrogens with zero attached hydrogens (tertiary/aromatic N) is 2. The summed E-state index contributed by atoms with van der Waals surface area (Å²) in [6, 6.07) is 16.0. The molecule has 0 aliphatic carbocycles. The van der Waals surface area contributed by atoms with Crippen molar-refractivity contribution in [1.29, 1.82) is 0 Å². The van der Waals surface area contributed by atoms with E-state index >= 15 is 0 Å². The fourth-order valence-electron chi connectivity index (χ4n) is 7.92. The molecule has 2 atom stereocenters. The fourth-order valence-corrected chi connectivity index (χ4v) is 7.92. The summed E-state index contributed by atoms with van der Waals surface area (Å²) in [7, 11) is 9.04. The highest BCUT2D eigenvalue weighted by atomic mass is 16.5. The Labute approximate surface area is 311 Å². The average molecular weight is 739 g/mol. The Balaban J connectivity index is 1.37. The topological polar surface area (TPSA) is 148 Å². The highest BCUT2D eigenvalue weighted by molar-refractivity contribution is 5.84. The molecule has 54 heavy (non-hydrogen) atoms. The molecule has 13 heteroatoms. The molecule has 2 aliphatic heterocycles. The molecule has 2 aromatic heterocycles. The van der Waals surface area contributed by atoms with Crippen molar-refractivity contribution in [3.05, 3.63) is 115 Å². The average Bonchev–Trinajstić information content (AvgIpc) is 3.64. The maximum atomic E-state index is 14.0. The van der Waals surface area contributed by atoms with Crippen molar-refractivity contribution < 1.29 is 42.7 Å². The lowest BCUT2D eigenvalue weighted by Crippen LogP contribution is -2.36. The van der Waals surface area contributed by atoms with Gasteiger partial charge in [-0.2, -0.15) is 0 Å². The predicted octanol–water partition coefficient (Wildman–Crippen LogP) is 5.10. The van der Waals surface area contributed by atoms with Crippen molar-refractivity contribution >= 4 is 16.9 Å². The van der Waals surface area contributed by atoms with E-state index in [4.69, 9.17) is 32.8 Å². The molecule has 5 aromatic rings. The monoisotopic (exact) mass is 738 g/mol. The Morgan fingerprint density at radius 3 is 2.19 bits per heavy atom. The molecule has 3 aromatic carbocycles. The highest BCUT2D eigenvalue weighted by Gasteiger charge is 2.35. The first kappa shape index (κ1) is 36.4. The normalized spacial score (nSPS) is 15.4. The van der Waals surface area contributed by atoms with Gasteiger partial charge in [0.05, 0.1) is 73.1 Å². The molecule has 0 bridgehead atoms. The lowest BCUT2D eigenvalue weighted by Gasteiger charge is -2.38. The lowest BCUT2D eigenvalue weighted by atomic mass is 9.87. The summed E-state index contributed by atoms with van der Waals surface area (Å²) in [5.41, 5.74) is 3.81. The van der Waals surface area contributed by atoms with Crippen LogP contribution in [-0.2, 0) is 35.5 Å². The second kappa shape index (κ2) is 14.8. The highest BCUT2D eigenvalue weighted by Crippen LogP contribution is 2.46. The third-order valence-corrected chi connectivity index (χ3v) is 10.5. The van der Waals surface area contributed by atoms with E-state index in [0.717, 1.165) is 33.2 Å². The standard InChI is InChI=1S/C41H42N2O11/c1-48-31-15-23-10-12-42(37(27(23)19-32(31)49-2)25-16-33(50-3)40(53-6)34(17-25)51-4)21-26-18-30(44)38(46)39(54-26)28(20-35(45)52-5)29-14-24-9-7-8-22-11-13-43(36(22)24)41(29)47/h7-9,14-19,28,37,46H,10-13,20-21H2,1-6H3/t28-,37-/m1/s1. The van der Waals surface area contributed by atoms with Gasteiger partial charge >= 0.3 is 5.97 Å². The number of hydrogen-bond acceptors (Lipinski definition) is 12. The Morgan fingerprint density at radius 2 is 1.52 bits per heavy atom. The number of fused-ring (bicyclic) bond motifs is 1. The molecule has 2 aliphatic rings. The molecule has 0 amide bonds. The van der Waals surface area contributed by atoms with Crippen molar-refractivity contribution in [3.63, 3.8) is 0 Å². The zero-order valence-electron chi connectivity index (χ0n) is 31.0. The first-order valence-corrected chi connectivity index (χ1v) is 17.5. The van der Waals surface area contributed by atoms with Gasteiger partial charge in [-0.3, -0.25) is 19.3 Å². The van der Waals surface area contributed by atoms with Crippen LogP contribution in [-0.4, -0.2) is 69.7 Å². The van der Waals surface area contributed by atoms with E-state index in [2.05, 4.69) is 4.90 Å². The van der Waals surface area contributed by atoms with Gasteiger partial charge in [0.15, 0.2) is 28.8 Å². The number of methoxy groups -OCH3 is 6. The van der Waals surface area contributed by atoms with Gasteiger partial charge in [0, 0.05) is 24.7 Å². The minimum atomic E-state index is -1.11. The van der Waals surface area contributed by atoms with E-state index in [9.17, 15) is 19.5 Å². The number of esters is 1. The van der Waals surface area contributed by atoms with E-state index in [1.807, 2.05) is 42.5 Å². The fraction of sp³-hybridized carbons (Fsp3) is 0.341. The van der Waals surface area contributed by atoms with Crippen molar-refractivity contribution in [2.24, 2.45) is 0 Å². The molecule has 1 N–H and O–H groups in total. The summed E-state index contributed by atoms with van der Waals surface area (Å²) >= 11 is 0. The van der Waals surface area contributed by atoms with E-state index in [-0.39, 0.29) is 35.6 Å². The van der Waals surface area contributed by atoms with Gasteiger partial charge < -0.3 is 42.5 Å². The number of pyridine rings is 1. The van der Waals surface area contributed by atoms with Gasteiger partial charge in [0.25, 0.3) is 5.56 Å². The third kappa shape index (κ3) is 6.27. The van der Waals surface area contributed by atoms with Crippen LogP contribution in [0.3, 0.4) is 0 Å². The molecule has 0 spiro atoms. The molecule has 4 heterocycles. The maximum Gasteiger partial charge on any atom is 0.306 e. The summed E-state index contributed by atoms with van der Waals surface area (Å²) in [4.78, 5) is 42.6. The molecule has 0 saturated heterocycles. The number of aryl methyl sites for hydroxylation is 2. The smallest absolute Gasteiger partial charge is 0.306 e. The summed E-state index contributed by atoms with van der Waals surface area (Å²) in [5, 5.41) is 12.1. The van der Waals surface area contributed by atoms with Gasteiger partial charge in [0.1, 0.15) is 5.76 Å². The number of ether oxygens (including phenoxy) is 6. The quantitative estimate of drug-likeness (QED) is 0.170. The van der Waals surface area contributed by atoms with Crippen LogP contribution in [0.1, 0.15) is 57.7 Å². The Hall–Kier alpha value is -5.95. The van der Waals surface area contributed by atoms with Crippen LogP contribution in [0.2, 0.25) is 0 Å². The third-order valence-electron chi connectivity index (χ3n) is 10.5. The number of para-hydroxylation sites is 1. The van der Waals surface area contributed by atoms with Crippen LogP contribution in [0.4, 0.5) is 0 Å². The van der Waals surface area contributed by atoms with Crippen molar-refractivity contribution in [2.45, 2.75) is 44.3 Å². The number of aromatic nitrogens is 1. The summed E-state index contributed by atoms with van der Waals surface area (Å²) < 4.78 is 41.5. The zero-order chi connectivity index (χ0) is 38.3. The molecule has 282 valence electrons. The molecule has 13 nitrogen and oxygen atoms in total. The molecular formula is C41H42N2O11. The first-order valence-electron chi connectivity index (χ1n) is 17.5. The molecule has 0 fully saturated rings. The van der Waals surface area contributed by atoms with Crippen LogP contribution in [0.5, 0.6) is 34.5 Å². The number of aromatic hydroxyl groups is 1. The Morgan fingerprint density at radius 1 is 0.833 bits per heavy atom. The minimum Gasteiger partial charge on any atom is -0.502 e. The maximum absolute atomic E-state index is 14.0. The van der Waals surface area contributed by atoms with E-state index in [1.165, 1.54) is 20.3 Å². The van der Waals surface area contributed by atoms with Crippen LogP contribution in [0.15, 0.2) is 68.6 Å². The molecule has 0 unspecified atom stereocenters. The molecule has 0 radical (unpaired) electrons. The van der Waals surface area contributed by atoms with Crippen LogP contribution < -0.4 is 34.7 Å². The first-order chi connectivity index (χ1) is 26.1. The van der Waals surface area contributed by atoms with Crippen molar-refractivity contribution in [1.82, 2.24) is 9.47 Å². The second-order valence-corrected chi connectivity index (χ2v) is 13.3. The van der Waals surface area contributed by atoms with Crippen molar-refractivity contribution in [2.75, 3.05) is 49.2 Å². The van der Waals surface area contributed by atoms with E-state index < -0.39 is 29.1 Å². The summed E-state index contributed by atoms with van der Waals surface area (Å²) in [5.74, 6) is 0.0946. The SMILES string of the molecule is COC(=O)C[C@@H](c1oc(CN2CCc3cc(OC)c(OC)cc3[C@H]2c2cc(OC)c(OC)c(OC)c2)cc(=O)c1O)c1cc2cccc3c2n(c1=O)CC3. The number of carbonyl (C=O) groups is 1. The van der Waals surface area contributed by atoms with Gasteiger partial charge in [0.2, 0.25) is 16.9 Å². The van der Waals surface area contributed by atoms with Crippen LogP contribution in [0.25, 0.3) is 10.9 Å². The van der Waals surface area contributed by atoms with Crippen molar-refractivity contribution in [3.8, 4) is 34.5 Å². The molecular weight excluding hydrogens is 696 g/mol. The van der Waals surface area contributed by atoms with Gasteiger partial charge in [-0.05, 0) is 70.8 Å². The number of rotatable bonds is 12. The second-order valence-electron chi connectivity index (χ2n) is 13.3. The lowest BCUT2D eigenvalue weighted by molar-refractivity contribution is -0.141. The predicted molar refractivity (Wildman–Crippen MR) is 199 cm³/mol. The molecule has 0 saturated carbocycles. The van der Waals surface area contributed by atoms with Crippen LogP contribution in [0, 0.1) is 0 Å². The Kier molecular flexibility index (Phi) is 9.99. The van der Waals surface area contributed by atoms with E-state index in [1.54, 1.807) is 39.1 Å². The zero-order valence-corrected chi connectivity index (χ0v) is 31.0. The largest absolute Gasteiger partial charge is 0.502 e. The summed E-state index contributed by atoms with van der Waals surface area (Å²) in [6.07, 6.45) is 0.970. The van der Waals surface area contributed by atoms with E-state index in [0.29, 0.717) is 54.7 Å². The van der Waals surface area contributed by atoms with Gasteiger partial charge in [-0.15, -0.1) is 0 Å². The van der Waals surface area contributed by atoms with Gasteiger partial charge in [-0.25, -0.2) is 0 Å². The summed E-state index contributed by atoms with van der Waals surface area (Å²) in [6.45, 7) is 1.10. The number of carbonyl (C=O) groups excluding carboxylic acids is 1. The Bertz CT molecular complexity index is 2360. The van der Waals surface area contributed by atoms with Crippen LogP contribution >= 0.6 is 0 Å². The number of hydrogen-bond donors (Lipinski definition) is 1. The minimum absolute atomic E-state index is 0.105. The number of benzene rings is 3.